The Morgan fingerprint density at radius 3 is 2.72 bits per heavy atom. The molecule has 0 saturated heterocycles. The summed E-state index contributed by atoms with van der Waals surface area (Å²) in [7, 11) is 0. The number of hydrogen-bond acceptors (Lipinski definition) is 3. The number of carbonyl (C=O) groups is 1. The average Bonchev–Trinajstić information content (AvgIpc) is 2.92. The normalized spacial score (nSPS) is 10.7. The molecular formula is C17H14ClFN4OS. The second-order valence-electron chi connectivity index (χ2n) is 5.48. The largest absolute Gasteiger partial charge is 0.322 e. The van der Waals surface area contributed by atoms with Crippen molar-refractivity contribution in [1.82, 2.24) is 14.8 Å². The van der Waals surface area contributed by atoms with E-state index in [1.54, 1.807) is 4.57 Å². The van der Waals surface area contributed by atoms with Gasteiger partial charge in [-0.15, -0.1) is 0 Å². The summed E-state index contributed by atoms with van der Waals surface area (Å²) in [6, 6.07) is 11.7. The molecule has 25 heavy (non-hydrogen) atoms. The van der Waals surface area contributed by atoms with E-state index in [1.807, 2.05) is 31.2 Å². The van der Waals surface area contributed by atoms with Gasteiger partial charge in [-0.25, -0.2) is 4.39 Å². The van der Waals surface area contributed by atoms with E-state index in [9.17, 15) is 9.18 Å². The average molecular weight is 377 g/mol. The van der Waals surface area contributed by atoms with E-state index in [0.29, 0.717) is 10.6 Å². The monoisotopic (exact) mass is 376 g/mol. The number of H-pyrrole nitrogens is 1. The number of hydrogen-bond donors (Lipinski definition) is 2. The number of amides is 1. The Kier molecular flexibility index (Phi) is 4.96. The number of aromatic amines is 1. The van der Waals surface area contributed by atoms with Gasteiger partial charge in [0.2, 0.25) is 5.91 Å². The van der Waals surface area contributed by atoms with Crippen LogP contribution in [-0.2, 0) is 11.3 Å². The Bertz CT molecular complexity index is 981. The highest BCUT2D eigenvalue weighted by Gasteiger charge is 2.14. The third-order valence-corrected chi connectivity index (χ3v) is 4.12. The van der Waals surface area contributed by atoms with Gasteiger partial charge in [-0.3, -0.25) is 14.5 Å². The van der Waals surface area contributed by atoms with Crippen molar-refractivity contribution in [3.63, 3.8) is 0 Å². The summed E-state index contributed by atoms with van der Waals surface area (Å²) in [5.41, 5.74) is 1.99. The quantitative estimate of drug-likeness (QED) is 0.665. The van der Waals surface area contributed by atoms with E-state index >= 15 is 0 Å². The molecule has 2 N–H and O–H groups in total. The maximum atomic E-state index is 13.8. The highest BCUT2D eigenvalue weighted by atomic mass is 35.5. The van der Waals surface area contributed by atoms with Crippen LogP contribution in [0.5, 0.6) is 0 Å². The molecule has 0 spiro atoms. The minimum Gasteiger partial charge on any atom is -0.322 e. The Morgan fingerprint density at radius 2 is 2.04 bits per heavy atom. The standard InChI is InChI=1S/C17H14ClFN4OS/c1-10-2-4-11(5-3-10)16-21-22-17(25)23(16)9-15(24)20-14-7-6-12(18)8-13(14)19/h2-8H,9H2,1H3,(H,20,24)(H,22,25). The van der Waals surface area contributed by atoms with Crippen molar-refractivity contribution in [3.8, 4) is 11.4 Å². The summed E-state index contributed by atoms with van der Waals surface area (Å²) in [5, 5.41) is 9.63. The van der Waals surface area contributed by atoms with Crippen LogP contribution in [0.15, 0.2) is 42.5 Å². The first-order chi connectivity index (χ1) is 11.9. The fourth-order valence-electron chi connectivity index (χ4n) is 2.31. The maximum Gasteiger partial charge on any atom is 0.244 e. The molecule has 1 aromatic heterocycles. The maximum absolute atomic E-state index is 13.8. The lowest BCUT2D eigenvalue weighted by atomic mass is 10.1. The molecule has 0 bridgehead atoms. The first-order valence-corrected chi connectivity index (χ1v) is 8.20. The topological polar surface area (TPSA) is 62.7 Å². The molecule has 0 fully saturated rings. The predicted molar refractivity (Wildman–Crippen MR) is 97.6 cm³/mol. The van der Waals surface area contributed by atoms with E-state index in [1.165, 1.54) is 12.1 Å². The van der Waals surface area contributed by atoms with E-state index in [-0.39, 0.29) is 17.3 Å². The zero-order chi connectivity index (χ0) is 18.0. The van der Waals surface area contributed by atoms with Gasteiger partial charge >= 0.3 is 0 Å². The van der Waals surface area contributed by atoms with Crippen LogP contribution in [0.3, 0.4) is 0 Å². The lowest BCUT2D eigenvalue weighted by molar-refractivity contribution is -0.116. The SMILES string of the molecule is Cc1ccc(-c2n[nH]c(=S)n2CC(=O)Nc2ccc(Cl)cc2F)cc1. The smallest absolute Gasteiger partial charge is 0.244 e. The number of aromatic nitrogens is 3. The molecule has 1 heterocycles. The second kappa shape index (κ2) is 7.16. The number of benzene rings is 2. The molecule has 0 saturated carbocycles. The summed E-state index contributed by atoms with van der Waals surface area (Å²) in [5.74, 6) is -0.487. The van der Waals surface area contributed by atoms with Crippen molar-refractivity contribution in [2.24, 2.45) is 0 Å². The number of halogens is 2. The molecule has 5 nitrogen and oxygen atoms in total. The predicted octanol–water partition coefficient (Wildman–Crippen LogP) is 4.35. The van der Waals surface area contributed by atoms with E-state index < -0.39 is 11.7 Å². The molecule has 0 atom stereocenters. The van der Waals surface area contributed by atoms with Crippen LogP contribution in [0.1, 0.15) is 5.56 Å². The summed E-state index contributed by atoms with van der Waals surface area (Å²) >= 11 is 10.9. The van der Waals surface area contributed by atoms with Gasteiger partial charge in [-0.1, -0.05) is 41.4 Å². The molecule has 0 aliphatic rings. The van der Waals surface area contributed by atoms with E-state index in [4.69, 9.17) is 23.8 Å². The molecule has 3 aromatic rings. The Labute approximate surface area is 153 Å². The second-order valence-corrected chi connectivity index (χ2v) is 6.30. The minimum absolute atomic E-state index is 0.0568. The van der Waals surface area contributed by atoms with Crippen molar-refractivity contribution in [2.45, 2.75) is 13.5 Å². The molecule has 0 aliphatic carbocycles. The van der Waals surface area contributed by atoms with Gasteiger partial charge in [0.1, 0.15) is 12.4 Å². The number of aryl methyl sites for hydroxylation is 1. The zero-order valence-corrected chi connectivity index (χ0v) is 14.8. The molecule has 128 valence electrons. The number of anilines is 1. The van der Waals surface area contributed by atoms with Crippen molar-refractivity contribution in [1.29, 1.82) is 0 Å². The Hall–Kier alpha value is -2.51. The lowest BCUT2D eigenvalue weighted by Gasteiger charge is -2.09. The molecular weight excluding hydrogens is 363 g/mol. The fourth-order valence-corrected chi connectivity index (χ4v) is 2.67. The summed E-state index contributed by atoms with van der Waals surface area (Å²) in [6.45, 7) is 1.88. The fraction of sp³-hybridized carbons (Fsp3) is 0.118. The number of nitrogens with one attached hydrogen (secondary N) is 2. The van der Waals surface area contributed by atoms with Gasteiger partial charge in [0.15, 0.2) is 10.6 Å². The number of rotatable bonds is 4. The highest BCUT2D eigenvalue weighted by Crippen LogP contribution is 2.20. The highest BCUT2D eigenvalue weighted by molar-refractivity contribution is 7.71. The number of carbonyl (C=O) groups excluding carboxylic acids is 1. The van der Waals surface area contributed by atoms with Crippen molar-refractivity contribution in [3.05, 3.63) is 63.6 Å². The third-order valence-electron chi connectivity index (χ3n) is 3.57. The van der Waals surface area contributed by atoms with Crippen LogP contribution in [-0.4, -0.2) is 20.7 Å². The van der Waals surface area contributed by atoms with Gasteiger partial charge in [0.05, 0.1) is 5.69 Å². The van der Waals surface area contributed by atoms with Crippen LogP contribution in [0.2, 0.25) is 5.02 Å². The first kappa shape index (κ1) is 17.3. The lowest BCUT2D eigenvalue weighted by Crippen LogP contribution is -2.20. The molecule has 2 aromatic carbocycles. The molecule has 3 rings (SSSR count). The van der Waals surface area contributed by atoms with Crippen molar-refractivity contribution in [2.75, 3.05) is 5.32 Å². The molecule has 0 unspecified atom stereocenters. The van der Waals surface area contributed by atoms with Crippen LogP contribution in [0.4, 0.5) is 10.1 Å². The molecule has 8 heteroatoms. The van der Waals surface area contributed by atoms with Crippen LogP contribution >= 0.6 is 23.8 Å². The first-order valence-electron chi connectivity index (χ1n) is 7.41. The van der Waals surface area contributed by atoms with Crippen molar-refractivity contribution >= 4 is 35.4 Å². The van der Waals surface area contributed by atoms with E-state index in [0.717, 1.165) is 17.2 Å². The van der Waals surface area contributed by atoms with Crippen LogP contribution < -0.4 is 5.32 Å². The third kappa shape index (κ3) is 3.94. The van der Waals surface area contributed by atoms with Gasteiger partial charge in [0.25, 0.3) is 0 Å². The molecule has 0 aliphatic heterocycles. The molecule has 0 radical (unpaired) electrons. The van der Waals surface area contributed by atoms with Gasteiger partial charge < -0.3 is 5.32 Å². The summed E-state index contributed by atoms with van der Waals surface area (Å²) in [4.78, 5) is 12.3. The number of nitrogens with zero attached hydrogens (tertiary/aromatic N) is 2. The van der Waals surface area contributed by atoms with Crippen LogP contribution in [0.25, 0.3) is 11.4 Å². The van der Waals surface area contributed by atoms with Crippen molar-refractivity contribution < 1.29 is 9.18 Å². The Morgan fingerprint density at radius 1 is 1.32 bits per heavy atom. The minimum atomic E-state index is -0.601. The Balaban J connectivity index is 1.83. The summed E-state index contributed by atoms with van der Waals surface area (Å²) < 4.78 is 15.7. The van der Waals surface area contributed by atoms with Crippen LogP contribution in [0, 0.1) is 17.5 Å². The summed E-state index contributed by atoms with van der Waals surface area (Å²) in [6.07, 6.45) is 0. The van der Waals surface area contributed by atoms with E-state index in [2.05, 4.69) is 15.5 Å². The van der Waals surface area contributed by atoms with Gasteiger partial charge in [-0.05, 0) is 37.3 Å². The molecule has 1 amide bonds. The zero-order valence-electron chi connectivity index (χ0n) is 13.2. The van der Waals surface area contributed by atoms with Gasteiger partial charge in [-0.2, -0.15) is 5.10 Å². The van der Waals surface area contributed by atoms with Gasteiger partial charge in [0, 0.05) is 10.6 Å².